The second-order valence-electron chi connectivity index (χ2n) is 23.9. The molecule has 3 aliphatic rings. The Labute approximate surface area is 335 Å². The van der Waals surface area contributed by atoms with Crippen LogP contribution >= 0.6 is 0 Å². The predicted molar refractivity (Wildman–Crippen MR) is 260 cm³/mol. The van der Waals surface area contributed by atoms with Crippen molar-refractivity contribution in [1.29, 1.82) is 0 Å². The van der Waals surface area contributed by atoms with Crippen LogP contribution in [0.15, 0.2) is 85.0 Å². The van der Waals surface area contributed by atoms with Gasteiger partial charge in [0.1, 0.15) is 0 Å². The van der Waals surface area contributed by atoms with Crippen LogP contribution in [0, 0.1) is 5.92 Å². The summed E-state index contributed by atoms with van der Waals surface area (Å²) in [5.74, 6) is 0.598. The third-order valence-corrected chi connectivity index (χ3v) is 53.9. The minimum absolute atomic E-state index is 0.598. The van der Waals surface area contributed by atoms with Crippen LogP contribution in [0.3, 0.4) is 0 Å². The van der Waals surface area contributed by atoms with Crippen molar-refractivity contribution in [2.24, 2.45) is 5.92 Å². The van der Waals surface area contributed by atoms with Gasteiger partial charge < -0.3 is 0 Å². The Bertz CT molecular complexity index is 1840. The molecule has 2 heterocycles. The molecule has 0 amide bonds. The zero-order chi connectivity index (χ0) is 39.5. The van der Waals surface area contributed by atoms with Crippen LogP contribution in [-0.2, 0) is 0 Å². The zero-order valence-electron chi connectivity index (χ0n) is 37.0. The first kappa shape index (κ1) is 41.6. The molecule has 2 aliphatic heterocycles. The third kappa shape index (κ3) is 7.02. The van der Waals surface area contributed by atoms with Gasteiger partial charge in [-0.3, -0.25) is 0 Å². The number of hydrogen-bond donors (Lipinski definition) is 0. The third-order valence-electron chi connectivity index (χ3n) is 13.3. The molecular formula is C46H74GeSi6. The normalized spacial score (nSPS) is 23.2. The monoisotopic (exact) mass is 868 g/mol. The Morgan fingerprint density at radius 2 is 0.887 bits per heavy atom. The van der Waals surface area contributed by atoms with E-state index >= 15 is 0 Å². The van der Waals surface area contributed by atoms with Crippen molar-refractivity contribution >= 4 is 70.5 Å². The minimum atomic E-state index is -3.31. The van der Waals surface area contributed by atoms with E-state index in [1.165, 1.54) is 5.56 Å². The SMILES string of the molecule is C[Si](C)(C)C(c1cc(C([Si](C)(C)C)[Si](C)(C)C)[c]([Ge]23[c]4ccccc4-c4ccccc4[CH]2C2C=CC=C[CH]23)c(C([Si](C)(C)C)[Si](C)(C)C)c1)[Si](C)(C)C. The molecule has 4 unspecified atom stereocenters. The van der Waals surface area contributed by atoms with Gasteiger partial charge >= 0.3 is 338 Å². The van der Waals surface area contributed by atoms with Crippen LogP contribution in [0.2, 0.25) is 123 Å². The van der Waals surface area contributed by atoms with Gasteiger partial charge in [-0.1, -0.05) is 0 Å². The molecule has 286 valence electrons. The number of benzene rings is 3. The van der Waals surface area contributed by atoms with Crippen LogP contribution in [0.1, 0.15) is 42.5 Å². The van der Waals surface area contributed by atoms with E-state index in [1.54, 1.807) is 21.1 Å². The van der Waals surface area contributed by atoms with Crippen LogP contribution in [-0.4, -0.2) is 61.7 Å². The van der Waals surface area contributed by atoms with Gasteiger partial charge in [-0.2, -0.15) is 0 Å². The molecule has 53 heavy (non-hydrogen) atoms. The molecule has 0 bridgehead atoms. The molecular weight excluding hydrogens is 794 g/mol. The van der Waals surface area contributed by atoms with Gasteiger partial charge in [0.2, 0.25) is 0 Å². The summed E-state index contributed by atoms with van der Waals surface area (Å²) in [4.78, 5) is 0. The first-order valence-corrected chi connectivity index (χ1v) is 46.8. The van der Waals surface area contributed by atoms with Crippen molar-refractivity contribution < 1.29 is 0 Å². The van der Waals surface area contributed by atoms with Gasteiger partial charge in [0.25, 0.3) is 0 Å². The van der Waals surface area contributed by atoms with Crippen LogP contribution in [0.25, 0.3) is 11.1 Å². The van der Waals surface area contributed by atoms with Crippen molar-refractivity contribution in [2.75, 3.05) is 0 Å². The van der Waals surface area contributed by atoms with Gasteiger partial charge in [-0.05, 0) is 0 Å². The van der Waals surface area contributed by atoms with Gasteiger partial charge in [-0.25, -0.2) is 0 Å². The van der Waals surface area contributed by atoms with Crippen LogP contribution in [0.4, 0.5) is 0 Å². The summed E-state index contributed by atoms with van der Waals surface area (Å²) in [6.45, 7) is 49.1. The number of fused-ring (bicyclic) bond motifs is 9. The maximum atomic E-state index is 3.00. The average molecular weight is 868 g/mol. The Kier molecular flexibility index (Phi) is 10.6. The number of hydrogen-bond acceptors (Lipinski definition) is 0. The summed E-state index contributed by atoms with van der Waals surface area (Å²) < 4.78 is 5.07. The molecule has 7 heteroatoms. The Morgan fingerprint density at radius 3 is 1.36 bits per heavy atom. The molecule has 1 saturated heterocycles. The summed E-state index contributed by atoms with van der Waals surface area (Å²) in [7, 11) is -9.89. The van der Waals surface area contributed by atoms with Gasteiger partial charge in [0.15, 0.2) is 0 Å². The second-order valence-corrected chi connectivity index (χ2v) is 66.0. The molecule has 3 aromatic carbocycles. The summed E-state index contributed by atoms with van der Waals surface area (Å²) in [6.07, 6.45) is 10.2. The topological polar surface area (TPSA) is 0 Å². The Balaban J connectivity index is 1.93. The van der Waals surface area contributed by atoms with E-state index in [0.717, 1.165) is 5.16 Å². The van der Waals surface area contributed by atoms with Crippen LogP contribution < -0.4 is 8.79 Å². The fourth-order valence-electron chi connectivity index (χ4n) is 13.7. The van der Waals surface area contributed by atoms with E-state index in [4.69, 9.17) is 0 Å². The fraction of sp³-hybridized carbons (Fsp3) is 0.522. The van der Waals surface area contributed by atoms with Crippen molar-refractivity contribution in [1.82, 2.24) is 0 Å². The summed E-state index contributed by atoms with van der Waals surface area (Å²) >= 11 is -3.31. The molecule has 0 N–H and O–H groups in total. The Hall–Kier alpha value is -1.02. The van der Waals surface area contributed by atoms with E-state index < -0.39 is 61.7 Å². The molecule has 1 aliphatic carbocycles. The standard InChI is InChI=1S/C46H74GeSi6/c1-48(2,3)44(49(4,5)6)33-31-38(45(50(7,8)9)51(10,11)12)43(39(32-33)46(52(13,14)15)53(16,17)18)47-40-29-23-21-26-35(40)34-25-19-20-27-36(34)42(47)37-28-22-24-30-41(37)47/h19-32,37,41-42,44-46H,1-18H3. The van der Waals surface area contributed by atoms with E-state index in [2.05, 4.69) is 203 Å². The number of allylic oxidation sites excluding steroid dienone is 4. The predicted octanol–water partition coefficient (Wildman–Crippen LogP) is 13.2. The van der Waals surface area contributed by atoms with Crippen molar-refractivity contribution in [3.63, 3.8) is 0 Å². The van der Waals surface area contributed by atoms with Crippen molar-refractivity contribution in [3.8, 4) is 11.1 Å². The zero-order valence-corrected chi connectivity index (χ0v) is 45.1. The molecule has 1 fully saturated rings. The first-order chi connectivity index (χ1) is 24.1. The molecule has 4 atom stereocenters. The molecule has 0 aromatic heterocycles. The molecule has 6 rings (SSSR count). The maximum absolute atomic E-state index is 3.31. The summed E-state index contributed by atoms with van der Waals surface area (Å²) in [6, 6.07) is 25.7. The molecule has 0 nitrogen and oxygen atoms in total. The van der Waals surface area contributed by atoms with Crippen molar-refractivity contribution in [3.05, 3.63) is 107 Å². The van der Waals surface area contributed by atoms with Crippen molar-refractivity contribution in [2.45, 2.75) is 143 Å². The molecule has 3 aromatic rings. The van der Waals surface area contributed by atoms with E-state index in [0.29, 0.717) is 25.7 Å². The summed E-state index contributed by atoms with van der Waals surface area (Å²) in [5, 5.41) is 2.16. The van der Waals surface area contributed by atoms with Gasteiger partial charge in [0, 0.05) is 0 Å². The molecule has 0 saturated carbocycles. The number of rotatable bonds is 10. The fourth-order valence-corrected chi connectivity index (χ4v) is 68.0. The second kappa shape index (κ2) is 13.5. The van der Waals surface area contributed by atoms with Crippen LogP contribution in [0.5, 0.6) is 0 Å². The van der Waals surface area contributed by atoms with E-state index in [9.17, 15) is 0 Å². The van der Waals surface area contributed by atoms with E-state index in [1.807, 2.05) is 15.5 Å². The van der Waals surface area contributed by atoms with Gasteiger partial charge in [0.05, 0.1) is 0 Å². The average Bonchev–Trinajstić information content (AvgIpc) is 2.95. The Morgan fingerprint density at radius 1 is 0.472 bits per heavy atom. The quantitative estimate of drug-likeness (QED) is 0.178. The van der Waals surface area contributed by atoms with Gasteiger partial charge in [-0.15, -0.1) is 0 Å². The van der Waals surface area contributed by atoms with E-state index in [-0.39, 0.29) is 0 Å². The molecule has 0 radical (unpaired) electrons. The first-order valence-electron chi connectivity index (χ1n) is 20.9. The summed E-state index contributed by atoms with van der Waals surface area (Å²) in [5.41, 5.74) is 10.3. The molecule has 0 spiro atoms.